The van der Waals surface area contributed by atoms with Crippen molar-refractivity contribution < 1.29 is 9.53 Å². The molecule has 6 nitrogen and oxygen atoms in total. The van der Waals surface area contributed by atoms with Crippen molar-refractivity contribution in [2.75, 3.05) is 45.9 Å². The van der Waals surface area contributed by atoms with Gasteiger partial charge in [-0.25, -0.2) is 9.97 Å². The minimum atomic E-state index is 0.0487. The van der Waals surface area contributed by atoms with Gasteiger partial charge in [-0.05, 0) is 30.2 Å². The SMILES string of the molecule is O=C(c1cnc(-c2cccs2)nc1)N1CCC(CN2CCOCC2)CC1. The number of rotatable bonds is 4. The number of morpholine rings is 1. The van der Waals surface area contributed by atoms with Crippen molar-refractivity contribution in [1.82, 2.24) is 19.8 Å². The molecular formula is C19H24N4O2S. The molecule has 2 fully saturated rings. The number of ether oxygens (including phenoxy) is 1. The predicted molar refractivity (Wildman–Crippen MR) is 101 cm³/mol. The van der Waals surface area contributed by atoms with Crippen LogP contribution in [0.3, 0.4) is 0 Å². The molecule has 2 saturated heterocycles. The average molecular weight is 372 g/mol. The van der Waals surface area contributed by atoms with Gasteiger partial charge in [0.05, 0.1) is 23.7 Å². The Bertz CT molecular complexity index is 706. The zero-order valence-corrected chi connectivity index (χ0v) is 15.7. The molecule has 0 N–H and O–H groups in total. The highest BCUT2D eigenvalue weighted by molar-refractivity contribution is 7.13. The fourth-order valence-electron chi connectivity index (χ4n) is 3.62. The highest BCUT2D eigenvalue weighted by Crippen LogP contribution is 2.22. The molecule has 2 aliphatic heterocycles. The molecule has 2 aromatic heterocycles. The number of hydrogen-bond donors (Lipinski definition) is 0. The minimum absolute atomic E-state index is 0.0487. The summed E-state index contributed by atoms with van der Waals surface area (Å²) in [6, 6.07) is 3.96. The molecule has 0 unspecified atom stereocenters. The summed E-state index contributed by atoms with van der Waals surface area (Å²) in [5.41, 5.74) is 0.580. The van der Waals surface area contributed by atoms with Crippen LogP contribution in [-0.4, -0.2) is 71.6 Å². The van der Waals surface area contributed by atoms with E-state index < -0.39 is 0 Å². The number of thiophene rings is 1. The summed E-state index contributed by atoms with van der Waals surface area (Å²) in [6.07, 6.45) is 5.45. The van der Waals surface area contributed by atoms with Gasteiger partial charge < -0.3 is 9.64 Å². The smallest absolute Gasteiger partial charge is 0.256 e. The maximum absolute atomic E-state index is 12.7. The molecule has 0 aromatic carbocycles. The lowest BCUT2D eigenvalue weighted by Crippen LogP contribution is -2.44. The predicted octanol–water partition coefficient (Wildman–Crippen LogP) is 2.39. The van der Waals surface area contributed by atoms with Crippen LogP contribution in [0, 0.1) is 5.92 Å². The maximum atomic E-state index is 12.7. The number of hydrogen-bond acceptors (Lipinski definition) is 6. The molecule has 1 amide bonds. The number of nitrogens with zero attached hydrogens (tertiary/aromatic N) is 4. The number of piperidine rings is 1. The van der Waals surface area contributed by atoms with Gasteiger partial charge in [-0.3, -0.25) is 9.69 Å². The third kappa shape index (κ3) is 4.11. The first kappa shape index (κ1) is 17.6. The molecule has 0 bridgehead atoms. The van der Waals surface area contributed by atoms with E-state index in [-0.39, 0.29) is 5.91 Å². The number of likely N-dealkylation sites (tertiary alicyclic amines) is 1. The quantitative estimate of drug-likeness (QED) is 0.825. The van der Waals surface area contributed by atoms with Crippen LogP contribution in [0.25, 0.3) is 10.7 Å². The fourth-order valence-corrected chi connectivity index (χ4v) is 4.29. The first-order valence-electron chi connectivity index (χ1n) is 9.25. The zero-order valence-electron chi connectivity index (χ0n) is 14.8. The van der Waals surface area contributed by atoms with Crippen LogP contribution in [0.5, 0.6) is 0 Å². The van der Waals surface area contributed by atoms with Crippen LogP contribution >= 0.6 is 11.3 Å². The van der Waals surface area contributed by atoms with Crippen LogP contribution in [0.2, 0.25) is 0 Å². The van der Waals surface area contributed by atoms with Gasteiger partial charge in [-0.1, -0.05) is 6.07 Å². The van der Waals surface area contributed by atoms with E-state index in [0.29, 0.717) is 17.3 Å². The van der Waals surface area contributed by atoms with E-state index in [9.17, 15) is 4.79 Å². The molecule has 0 atom stereocenters. The topological polar surface area (TPSA) is 58.6 Å². The van der Waals surface area contributed by atoms with Crippen LogP contribution in [0.15, 0.2) is 29.9 Å². The van der Waals surface area contributed by atoms with E-state index in [2.05, 4.69) is 14.9 Å². The normalized spacial score (nSPS) is 19.6. The largest absolute Gasteiger partial charge is 0.379 e. The molecule has 0 spiro atoms. The van der Waals surface area contributed by atoms with Gasteiger partial charge in [0, 0.05) is 45.1 Å². The van der Waals surface area contributed by atoms with Crippen molar-refractivity contribution in [3.63, 3.8) is 0 Å². The first-order valence-corrected chi connectivity index (χ1v) is 10.1. The fraction of sp³-hybridized carbons (Fsp3) is 0.526. The van der Waals surface area contributed by atoms with Crippen LogP contribution in [0.4, 0.5) is 0 Å². The minimum Gasteiger partial charge on any atom is -0.379 e. The van der Waals surface area contributed by atoms with Gasteiger partial charge in [-0.2, -0.15) is 0 Å². The lowest BCUT2D eigenvalue weighted by Gasteiger charge is -2.36. The van der Waals surface area contributed by atoms with Crippen LogP contribution < -0.4 is 0 Å². The monoisotopic (exact) mass is 372 g/mol. The van der Waals surface area contributed by atoms with Crippen molar-refractivity contribution in [2.45, 2.75) is 12.8 Å². The van der Waals surface area contributed by atoms with Crippen LogP contribution in [-0.2, 0) is 4.74 Å². The second-order valence-electron chi connectivity index (χ2n) is 6.92. The van der Waals surface area contributed by atoms with Gasteiger partial charge in [0.25, 0.3) is 5.91 Å². The molecule has 0 saturated carbocycles. The van der Waals surface area contributed by atoms with Crippen LogP contribution in [0.1, 0.15) is 23.2 Å². The average Bonchev–Trinajstić information content (AvgIpc) is 3.24. The number of carbonyl (C=O) groups excluding carboxylic acids is 1. The summed E-state index contributed by atoms with van der Waals surface area (Å²) in [6.45, 7) is 6.53. The van der Waals surface area contributed by atoms with E-state index in [1.54, 1.807) is 23.7 Å². The van der Waals surface area contributed by atoms with Crippen molar-refractivity contribution in [2.24, 2.45) is 5.92 Å². The number of aromatic nitrogens is 2. The van der Waals surface area contributed by atoms with Gasteiger partial charge in [0.15, 0.2) is 5.82 Å². The van der Waals surface area contributed by atoms with Gasteiger partial charge in [-0.15, -0.1) is 11.3 Å². The number of amides is 1. The van der Waals surface area contributed by atoms with E-state index in [1.165, 1.54) is 0 Å². The Labute approximate surface area is 157 Å². The lowest BCUT2D eigenvalue weighted by atomic mass is 9.95. The molecule has 26 heavy (non-hydrogen) atoms. The molecule has 4 heterocycles. The highest BCUT2D eigenvalue weighted by atomic mass is 32.1. The molecule has 2 aromatic rings. The Morgan fingerprint density at radius 2 is 1.88 bits per heavy atom. The van der Waals surface area contributed by atoms with E-state index >= 15 is 0 Å². The number of carbonyl (C=O) groups is 1. The third-order valence-corrected chi connectivity index (χ3v) is 6.03. The Kier molecular flexibility index (Phi) is 5.57. The summed E-state index contributed by atoms with van der Waals surface area (Å²) < 4.78 is 5.41. The second kappa shape index (κ2) is 8.24. The van der Waals surface area contributed by atoms with E-state index in [4.69, 9.17) is 4.74 Å². The summed E-state index contributed by atoms with van der Waals surface area (Å²) in [4.78, 5) is 26.9. The molecule has 2 aliphatic rings. The Hall–Kier alpha value is -1.83. The van der Waals surface area contributed by atoms with Gasteiger partial charge >= 0.3 is 0 Å². The first-order chi connectivity index (χ1) is 12.8. The summed E-state index contributed by atoms with van der Waals surface area (Å²) in [7, 11) is 0. The van der Waals surface area contributed by atoms with E-state index in [0.717, 1.165) is 63.7 Å². The molecule has 138 valence electrons. The molecule has 0 radical (unpaired) electrons. The van der Waals surface area contributed by atoms with Crippen molar-refractivity contribution >= 4 is 17.2 Å². The molecule has 7 heteroatoms. The third-order valence-electron chi connectivity index (χ3n) is 5.16. The molecule has 4 rings (SSSR count). The Morgan fingerprint density at radius 1 is 1.15 bits per heavy atom. The van der Waals surface area contributed by atoms with E-state index in [1.807, 2.05) is 22.4 Å². The lowest BCUT2D eigenvalue weighted by molar-refractivity contribution is 0.0243. The van der Waals surface area contributed by atoms with Crippen molar-refractivity contribution in [3.05, 3.63) is 35.5 Å². The molecular weight excluding hydrogens is 348 g/mol. The maximum Gasteiger partial charge on any atom is 0.256 e. The van der Waals surface area contributed by atoms with Crippen molar-refractivity contribution in [3.8, 4) is 10.7 Å². The highest BCUT2D eigenvalue weighted by Gasteiger charge is 2.26. The van der Waals surface area contributed by atoms with Gasteiger partial charge in [0.1, 0.15) is 0 Å². The second-order valence-corrected chi connectivity index (χ2v) is 7.87. The Morgan fingerprint density at radius 3 is 2.54 bits per heavy atom. The standard InChI is InChI=1S/C19H24N4O2S/c24-19(16-12-20-18(21-13-16)17-2-1-11-26-17)23-5-3-15(4-6-23)14-22-7-9-25-10-8-22/h1-2,11-13,15H,3-10,14H2. The Balaban J connectivity index is 1.30. The molecule has 0 aliphatic carbocycles. The van der Waals surface area contributed by atoms with Gasteiger partial charge in [0.2, 0.25) is 0 Å². The van der Waals surface area contributed by atoms with Crippen molar-refractivity contribution in [1.29, 1.82) is 0 Å². The summed E-state index contributed by atoms with van der Waals surface area (Å²) in [5, 5.41) is 2.00. The summed E-state index contributed by atoms with van der Waals surface area (Å²) >= 11 is 1.60. The summed E-state index contributed by atoms with van der Waals surface area (Å²) in [5.74, 6) is 1.41. The zero-order chi connectivity index (χ0) is 17.8.